The monoisotopic (exact) mass is 537 g/mol. The lowest BCUT2D eigenvalue weighted by atomic mass is 10.0. The van der Waals surface area contributed by atoms with Crippen LogP contribution in [0.5, 0.6) is 0 Å². The molecule has 10 heteroatoms. The molecule has 2 atom stereocenters. The highest BCUT2D eigenvalue weighted by molar-refractivity contribution is 7.80. The summed E-state index contributed by atoms with van der Waals surface area (Å²) in [6.07, 6.45) is 3.64. The van der Waals surface area contributed by atoms with Crippen molar-refractivity contribution in [2.75, 3.05) is 11.9 Å². The van der Waals surface area contributed by atoms with Gasteiger partial charge in [0.05, 0.1) is 28.5 Å². The van der Waals surface area contributed by atoms with Crippen molar-refractivity contribution in [2.45, 2.75) is 18.5 Å². The van der Waals surface area contributed by atoms with Gasteiger partial charge in [-0.25, -0.2) is 8.78 Å². The van der Waals surface area contributed by atoms with Gasteiger partial charge in [0, 0.05) is 36.7 Å². The molecule has 0 spiro atoms. The standard InChI is InChI=1S/C27H22ClF2N5OS/c28-18-16-17(10-11-19(18)29)34-14-5-9-23(34)26-25(22-8-3-4-13-31-22)33-27(37)35(26)15-12-24(36)32-21-7-2-1-6-20(21)30/h1-11,13-14,16,25-26H,12,15H2,(H,32,36)(H,33,37)/t25-,26+/m1/s1. The second-order valence-corrected chi connectivity index (χ2v) is 9.29. The van der Waals surface area contributed by atoms with E-state index in [1.54, 1.807) is 30.5 Å². The summed E-state index contributed by atoms with van der Waals surface area (Å²) in [6.45, 7) is 0.273. The lowest BCUT2D eigenvalue weighted by molar-refractivity contribution is -0.116. The van der Waals surface area contributed by atoms with Gasteiger partial charge < -0.3 is 20.1 Å². The Morgan fingerprint density at radius 3 is 2.62 bits per heavy atom. The number of carbonyl (C=O) groups excluding carboxylic acids is 1. The van der Waals surface area contributed by atoms with Crippen molar-refractivity contribution in [3.63, 3.8) is 0 Å². The highest BCUT2D eigenvalue weighted by Gasteiger charge is 2.41. The number of benzene rings is 2. The zero-order chi connectivity index (χ0) is 25.9. The molecule has 1 fully saturated rings. The number of aromatic nitrogens is 2. The molecule has 1 saturated heterocycles. The molecule has 0 radical (unpaired) electrons. The van der Waals surface area contributed by atoms with Crippen LogP contribution < -0.4 is 10.6 Å². The van der Waals surface area contributed by atoms with Gasteiger partial charge in [-0.15, -0.1) is 0 Å². The minimum atomic E-state index is -0.503. The summed E-state index contributed by atoms with van der Waals surface area (Å²) in [7, 11) is 0. The number of hydrogen-bond acceptors (Lipinski definition) is 3. The van der Waals surface area contributed by atoms with Crippen LogP contribution in [0.15, 0.2) is 85.2 Å². The van der Waals surface area contributed by atoms with Gasteiger partial charge in [0.2, 0.25) is 5.91 Å². The van der Waals surface area contributed by atoms with Crippen molar-refractivity contribution in [3.05, 3.63) is 113 Å². The predicted octanol–water partition coefficient (Wildman–Crippen LogP) is 5.81. The lowest BCUT2D eigenvalue weighted by Gasteiger charge is -2.29. The van der Waals surface area contributed by atoms with Gasteiger partial charge >= 0.3 is 0 Å². The Kier molecular flexibility index (Phi) is 7.16. The van der Waals surface area contributed by atoms with Crippen molar-refractivity contribution >= 4 is 40.5 Å². The van der Waals surface area contributed by atoms with Crippen LogP contribution in [0, 0.1) is 11.6 Å². The quantitative estimate of drug-likeness (QED) is 0.292. The Bertz CT molecular complexity index is 1450. The summed E-state index contributed by atoms with van der Waals surface area (Å²) in [5.74, 6) is -1.34. The zero-order valence-electron chi connectivity index (χ0n) is 19.4. The molecule has 2 aromatic carbocycles. The third kappa shape index (κ3) is 5.19. The van der Waals surface area contributed by atoms with Crippen LogP contribution >= 0.6 is 23.8 Å². The normalized spacial score (nSPS) is 17.1. The maximum atomic E-state index is 14.0. The second-order valence-electron chi connectivity index (χ2n) is 8.50. The van der Waals surface area contributed by atoms with Crippen molar-refractivity contribution in [1.29, 1.82) is 0 Å². The number of halogens is 3. The summed E-state index contributed by atoms with van der Waals surface area (Å²) in [4.78, 5) is 19.1. The molecule has 0 aliphatic carbocycles. The van der Waals surface area contributed by atoms with Crippen LogP contribution in [0.25, 0.3) is 5.69 Å². The molecule has 2 aromatic heterocycles. The van der Waals surface area contributed by atoms with Crippen LogP contribution in [0.1, 0.15) is 29.9 Å². The molecule has 2 N–H and O–H groups in total. The SMILES string of the molecule is O=C(CCN1C(=S)N[C@H](c2ccccn2)[C@@H]1c1cccn1-c1ccc(F)c(Cl)c1)Nc1ccccc1F. The number of pyridine rings is 1. The minimum Gasteiger partial charge on any atom is -0.352 e. The summed E-state index contributed by atoms with van der Waals surface area (Å²) in [6, 6.07) is 19.3. The molecule has 0 saturated carbocycles. The molecule has 0 unspecified atom stereocenters. The average Bonchev–Trinajstić information content (AvgIpc) is 3.50. The summed E-state index contributed by atoms with van der Waals surface area (Å²) < 4.78 is 29.8. The number of nitrogens with one attached hydrogen (secondary N) is 2. The second kappa shape index (κ2) is 10.7. The average molecular weight is 538 g/mol. The predicted molar refractivity (Wildman–Crippen MR) is 143 cm³/mol. The zero-order valence-corrected chi connectivity index (χ0v) is 21.0. The molecular formula is C27H22ClF2N5OS. The summed E-state index contributed by atoms with van der Waals surface area (Å²) >= 11 is 11.8. The minimum absolute atomic E-state index is 0.0140. The van der Waals surface area contributed by atoms with Crippen LogP contribution in [0.2, 0.25) is 5.02 Å². The highest BCUT2D eigenvalue weighted by atomic mass is 35.5. The summed E-state index contributed by atoms with van der Waals surface area (Å²) in [5, 5.41) is 6.44. The number of anilines is 1. The Morgan fingerprint density at radius 1 is 1.05 bits per heavy atom. The number of nitrogens with zero attached hydrogens (tertiary/aromatic N) is 3. The number of amides is 1. The van der Waals surface area contributed by atoms with Crippen molar-refractivity contribution in [3.8, 4) is 5.69 Å². The molecule has 37 heavy (non-hydrogen) atoms. The Hall–Kier alpha value is -3.82. The Morgan fingerprint density at radius 2 is 1.86 bits per heavy atom. The van der Waals surface area contributed by atoms with Crippen LogP contribution in [-0.2, 0) is 4.79 Å². The molecule has 1 aliphatic heterocycles. The number of carbonyl (C=O) groups is 1. The Labute approximate surface area is 222 Å². The van der Waals surface area contributed by atoms with Crippen molar-refractivity contribution in [1.82, 2.24) is 19.8 Å². The topological polar surface area (TPSA) is 62.2 Å². The summed E-state index contributed by atoms with van der Waals surface area (Å²) in [5.41, 5.74) is 2.43. The van der Waals surface area contributed by atoms with Crippen LogP contribution in [0.4, 0.5) is 14.5 Å². The molecule has 188 valence electrons. The van der Waals surface area contributed by atoms with Crippen molar-refractivity contribution < 1.29 is 13.6 Å². The molecule has 3 heterocycles. The molecule has 0 bridgehead atoms. The molecule has 6 nitrogen and oxygen atoms in total. The van der Waals surface area contributed by atoms with E-state index in [2.05, 4.69) is 15.6 Å². The molecule has 1 aliphatic rings. The van der Waals surface area contributed by atoms with E-state index in [1.807, 2.05) is 46.0 Å². The van der Waals surface area contributed by atoms with Crippen molar-refractivity contribution in [2.24, 2.45) is 0 Å². The first-order valence-electron chi connectivity index (χ1n) is 11.6. The molecular weight excluding hydrogens is 516 g/mol. The fourth-order valence-corrected chi connectivity index (χ4v) is 4.98. The van der Waals surface area contributed by atoms with Crippen LogP contribution in [-0.4, -0.2) is 32.0 Å². The van der Waals surface area contributed by atoms with E-state index in [1.165, 1.54) is 18.2 Å². The third-order valence-corrected chi connectivity index (χ3v) is 6.83. The highest BCUT2D eigenvalue weighted by Crippen LogP contribution is 2.39. The first-order chi connectivity index (χ1) is 17.9. The fraction of sp³-hybridized carbons (Fsp3) is 0.148. The maximum absolute atomic E-state index is 14.0. The van der Waals surface area contributed by atoms with Gasteiger partial charge in [0.25, 0.3) is 0 Å². The lowest BCUT2D eigenvalue weighted by Crippen LogP contribution is -2.33. The number of thiocarbonyl (C=S) groups is 1. The smallest absolute Gasteiger partial charge is 0.226 e. The van der Waals surface area contributed by atoms with Gasteiger partial charge in [-0.2, -0.15) is 0 Å². The molecule has 4 aromatic rings. The molecule has 5 rings (SSSR count). The van der Waals surface area contributed by atoms with E-state index in [4.69, 9.17) is 23.8 Å². The largest absolute Gasteiger partial charge is 0.352 e. The van der Waals surface area contributed by atoms with E-state index >= 15 is 0 Å². The van der Waals surface area contributed by atoms with Gasteiger partial charge in [0.15, 0.2) is 5.11 Å². The number of para-hydroxylation sites is 1. The number of rotatable bonds is 7. The van der Waals surface area contributed by atoms with Gasteiger partial charge in [-0.3, -0.25) is 9.78 Å². The third-order valence-electron chi connectivity index (χ3n) is 6.19. The van der Waals surface area contributed by atoms with E-state index in [-0.39, 0.29) is 41.7 Å². The van der Waals surface area contributed by atoms with E-state index < -0.39 is 11.6 Å². The first kappa shape index (κ1) is 24.9. The first-order valence-corrected chi connectivity index (χ1v) is 12.4. The Balaban J connectivity index is 1.46. The van der Waals surface area contributed by atoms with Gasteiger partial charge in [0.1, 0.15) is 11.6 Å². The fourth-order valence-electron chi connectivity index (χ4n) is 4.47. The van der Waals surface area contributed by atoms with Gasteiger partial charge in [-0.05, 0) is 66.8 Å². The maximum Gasteiger partial charge on any atom is 0.226 e. The molecule has 1 amide bonds. The number of hydrogen-bond donors (Lipinski definition) is 2. The van der Waals surface area contributed by atoms with E-state index in [0.717, 1.165) is 11.4 Å². The van der Waals surface area contributed by atoms with E-state index in [9.17, 15) is 13.6 Å². The van der Waals surface area contributed by atoms with E-state index in [0.29, 0.717) is 10.8 Å². The van der Waals surface area contributed by atoms with Gasteiger partial charge in [-0.1, -0.05) is 29.8 Å². The van der Waals surface area contributed by atoms with Crippen LogP contribution in [0.3, 0.4) is 0 Å².